The molecule has 0 saturated carbocycles. The number of hydrogen-bond acceptors (Lipinski definition) is 8. The molecule has 214 valence electrons. The van der Waals surface area contributed by atoms with Gasteiger partial charge in [-0.15, -0.1) is 0 Å². The van der Waals surface area contributed by atoms with E-state index in [1.54, 1.807) is 37.3 Å². The number of halogens is 1. The van der Waals surface area contributed by atoms with Gasteiger partial charge >= 0.3 is 5.97 Å². The molecule has 3 aromatic carbocycles. The van der Waals surface area contributed by atoms with Gasteiger partial charge in [0.15, 0.2) is 11.4 Å². The van der Waals surface area contributed by atoms with Gasteiger partial charge in [0.05, 0.1) is 29.5 Å². The largest absolute Gasteiger partial charge is 0.496 e. The molecule has 1 aromatic heterocycles. The Kier molecular flexibility index (Phi) is 8.76. The van der Waals surface area contributed by atoms with Gasteiger partial charge in [-0.05, 0) is 54.5 Å². The fourth-order valence-corrected chi connectivity index (χ4v) is 6.31. The van der Waals surface area contributed by atoms with Crippen molar-refractivity contribution in [2.75, 3.05) is 20.3 Å². The number of methoxy groups -OCH3 is 1. The van der Waals surface area contributed by atoms with E-state index >= 15 is 0 Å². The van der Waals surface area contributed by atoms with Crippen molar-refractivity contribution < 1.29 is 19.0 Å². The van der Waals surface area contributed by atoms with Gasteiger partial charge < -0.3 is 14.2 Å². The molecule has 4 aromatic rings. The topological polar surface area (TPSA) is 103 Å². The summed E-state index contributed by atoms with van der Waals surface area (Å²) in [5.74, 6) is 0.403. The number of aromatic nitrogens is 1. The molecule has 0 bridgehead atoms. The Morgan fingerprint density at radius 1 is 1.17 bits per heavy atom. The highest BCUT2D eigenvalue weighted by Gasteiger charge is 2.36. The van der Waals surface area contributed by atoms with E-state index in [0.29, 0.717) is 49.1 Å². The second-order valence-corrected chi connectivity index (χ2v) is 10.9. The highest BCUT2D eigenvalue weighted by molar-refractivity contribution is 7.07. The number of esters is 1. The fraction of sp³-hybridized carbons (Fsp3) is 0.250. The molecule has 1 aliphatic rings. The van der Waals surface area contributed by atoms with Gasteiger partial charge in [-0.3, -0.25) is 9.36 Å². The number of thiazole rings is 1. The van der Waals surface area contributed by atoms with E-state index in [1.807, 2.05) is 43.3 Å². The Balaban J connectivity index is 1.84. The maximum Gasteiger partial charge on any atom is 0.338 e. The Labute approximate surface area is 251 Å². The maximum absolute atomic E-state index is 14.3. The van der Waals surface area contributed by atoms with Gasteiger partial charge in [0.25, 0.3) is 5.56 Å². The molecule has 1 aliphatic heterocycles. The van der Waals surface area contributed by atoms with Crippen LogP contribution in [0.1, 0.15) is 43.9 Å². The molecule has 1 atom stereocenters. The van der Waals surface area contributed by atoms with Gasteiger partial charge in [-0.2, -0.15) is 5.26 Å². The summed E-state index contributed by atoms with van der Waals surface area (Å²) in [6.45, 7) is 3.76. The average molecular weight is 602 g/mol. The second-order valence-electron chi connectivity index (χ2n) is 9.45. The summed E-state index contributed by atoms with van der Waals surface area (Å²) in [5, 5.41) is 11.4. The smallest absolute Gasteiger partial charge is 0.338 e. The van der Waals surface area contributed by atoms with Crippen LogP contribution in [0.4, 0.5) is 0 Å². The van der Waals surface area contributed by atoms with E-state index in [2.05, 4.69) is 0 Å². The molecule has 8 nitrogen and oxygen atoms in total. The van der Waals surface area contributed by atoms with Crippen molar-refractivity contribution in [3.8, 4) is 17.6 Å². The lowest BCUT2D eigenvalue weighted by Gasteiger charge is -2.27. The van der Waals surface area contributed by atoms with Gasteiger partial charge in [-0.1, -0.05) is 66.6 Å². The van der Waals surface area contributed by atoms with Gasteiger partial charge in [0.1, 0.15) is 23.6 Å². The van der Waals surface area contributed by atoms with Crippen LogP contribution in [0.15, 0.2) is 75.7 Å². The van der Waals surface area contributed by atoms with Crippen LogP contribution in [0.5, 0.6) is 11.5 Å². The molecule has 0 unspecified atom stereocenters. The molecule has 5 rings (SSSR count). The molecule has 0 radical (unpaired) electrons. The van der Waals surface area contributed by atoms with Crippen LogP contribution in [0, 0.1) is 11.3 Å². The molecule has 0 spiro atoms. The lowest BCUT2D eigenvalue weighted by molar-refractivity contribution is -0.139. The van der Waals surface area contributed by atoms with E-state index in [9.17, 15) is 9.59 Å². The van der Waals surface area contributed by atoms with Crippen molar-refractivity contribution in [2.24, 2.45) is 4.99 Å². The Morgan fingerprint density at radius 2 is 1.95 bits per heavy atom. The standard InChI is InChI=1S/C32H28ClN3O5S/c1-4-8-24-28(31(38)40-5-2)29(23-17-20(33)12-14-25(23)39-3)36-30(37)27(42-32(36)35-24)18-22-21-10-7-6-9-19(21)11-13-26(22)41-16-15-34/h6-7,9-14,17-18,29H,4-5,8,16H2,1-3H3/b27-18+/t29-/m1/s1. The number of allylic oxidation sites excluding steroid dienone is 1. The summed E-state index contributed by atoms with van der Waals surface area (Å²) >= 11 is 7.65. The zero-order valence-electron chi connectivity index (χ0n) is 23.3. The summed E-state index contributed by atoms with van der Waals surface area (Å²) in [7, 11) is 1.53. The number of carbonyl (C=O) groups excluding carboxylic acids is 1. The zero-order chi connectivity index (χ0) is 29.8. The minimum absolute atomic E-state index is 0.141. The zero-order valence-corrected chi connectivity index (χ0v) is 24.9. The predicted octanol–water partition coefficient (Wildman–Crippen LogP) is 5.30. The number of fused-ring (bicyclic) bond motifs is 2. The number of nitriles is 1. The maximum atomic E-state index is 14.3. The highest BCUT2D eigenvalue weighted by Crippen LogP contribution is 2.38. The number of carbonyl (C=O) groups is 1. The van der Waals surface area contributed by atoms with Crippen LogP contribution in [-0.4, -0.2) is 30.9 Å². The fourth-order valence-electron chi connectivity index (χ4n) is 5.13. The summed E-state index contributed by atoms with van der Waals surface area (Å²) in [6, 6.07) is 17.7. The van der Waals surface area contributed by atoms with E-state index in [0.717, 1.165) is 17.2 Å². The predicted molar refractivity (Wildman–Crippen MR) is 163 cm³/mol. The number of benzene rings is 3. The van der Waals surface area contributed by atoms with E-state index in [-0.39, 0.29) is 24.3 Å². The van der Waals surface area contributed by atoms with E-state index < -0.39 is 12.0 Å². The summed E-state index contributed by atoms with van der Waals surface area (Å²) in [5.41, 5.74) is 1.71. The summed E-state index contributed by atoms with van der Waals surface area (Å²) < 4.78 is 18.8. The van der Waals surface area contributed by atoms with Crippen molar-refractivity contribution in [1.29, 1.82) is 5.26 Å². The molecule has 0 saturated heterocycles. The first-order valence-corrected chi connectivity index (χ1v) is 14.7. The lowest BCUT2D eigenvalue weighted by Crippen LogP contribution is -2.40. The third kappa shape index (κ3) is 5.43. The van der Waals surface area contributed by atoms with Crippen molar-refractivity contribution in [3.05, 3.63) is 102 Å². The van der Waals surface area contributed by atoms with Gasteiger partial charge in [-0.25, -0.2) is 9.79 Å². The van der Waals surface area contributed by atoms with E-state index in [4.69, 9.17) is 36.1 Å². The number of ether oxygens (including phenoxy) is 3. The number of hydrogen-bond donors (Lipinski definition) is 0. The minimum atomic E-state index is -0.875. The van der Waals surface area contributed by atoms with Crippen LogP contribution in [0.25, 0.3) is 16.8 Å². The third-order valence-electron chi connectivity index (χ3n) is 6.88. The summed E-state index contributed by atoms with van der Waals surface area (Å²) in [6.07, 6.45) is 3.00. The molecular formula is C32H28ClN3O5S. The lowest BCUT2D eigenvalue weighted by atomic mass is 9.93. The Hall–Kier alpha value is -4.39. The van der Waals surface area contributed by atoms with Gasteiger partial charge in [0, 0.05) is 16.1 Å². The number of nitrogens with zero attached hydrogens (tertiary/aromatic N) is 3. The third-order valence-corrected chi connectivity index (χ3v) is 8.09. The molecular weight excluding hydrogens is 574 g/mol. The minimum Gasteiger partial charge on any atom is -0.496 e. The first-order chi connectivity index (χ1) is 20.4. The molecule has 10 heteroatoms. The second kappa shape index (κ2) is 12.6. The van der Waals surface area contributed by atoms with Crippen molar-refractivity contribution >= 4 is 45.8 Å². The van der Waals surface area contributed by atoms with E-state index in [1.165, 1.54) is 23.0 Å². The van der Waals surface area contributed by atoms with Crippen LogP contribution in [0.3, 0.4) is 0 Å². The van der Waals surface area contributed by atoms with Crippen molar-refractivity contribution in [3.63, 3.8) is 0 Å². The molecule has 2 heterocycles. The quantitative estimate of drug-likeness (QED) is 0.241. The first-order valence-electron chi connectivity index (χ1n) is 13.5. The summed E-state index contributed by atoms with van der Waals surface area (Å²) in [4.78, 5) is 33.0. The van der Waals surface area contributed by atoms with Crippen molar-refractivity contribution in [2.45, 2.75) is 32.7 Å². The van der Waals surface area contributed by atoms with Gasteiger partial charge in [0.2, 0.25) is 0 Å². The Morgan fingerprint density at radius 3 is 2.69 bits per heavy atom. The van der Waals surface area contributed by atoms with Crippen LogP contribution in [0.2, 0.25) is 5.02 Å². The molecule has 0 N–H and O–H groups in total. The van der Waals surface area contributed by atoms with Crippen LogP contribution in [-0.2, 0) is 9.53 Å². The monoisotopic (exact) mass is 601 g/mol. The van der Waals surface area contributed by atoms with Crippen LogP contribution >= 0.6 is 22.9 Å². The molecule has 0 amide bonds. The Bertz CT molecular complexity index is 1940. The SMILES string of the molecule is CCCC1=C(C(=O)OCC)[C@@H](c2cc(Cl)ccc2OC)n2c(s/c(=C/c3c(OCC#N)ccc4ccccc34)c2=O)=N1. The van der Waals surface area contributed by atoms with Crippen LogP contribution < -0.4 is 24.4 Å². The molecule has 0 fully saturated rings. The first kappa shape index (κ1) is 29.1. The van der Waals surface area contributed by atoms with Crippen molar-refractivity contribution in [1.82, 2.24) is 4.57 Å². The normalized spacial score (nSPS) is 14.7. The average Bonchev–Trinajstić information content (AvgIpc) is 3.30. The number of rotatable bonds is 9. The highest BCUT2D eigenvalue weighted by atomic mass is 35.5. The molecule has 42 heavy (non-hydrogen) atoms. The molecule has 0 aliphatic carbocycles.